The number of sulfonamides is 1. The normalized spacial score (nSPS) is 10.9. The van der Waals surface area contributed by atoms with E-state index in [1.54, 1.807) is 67.6 Å². The van der Waals surface area contributed by atoms with E-state index >= 15 is 0 Å². The Bertz CT molecular complexity index is 1410. The monoisotopic (exact) mass is 516 g/mol. The van der Waals surface area contributed by atoms with Crippen LogP contribution in [-0.4, -0.2) is 34.1 Å². The molecule has 4 aromatic carbocycles. The summed E-state index contributed by atoms with van der Waals surface area (Å²) in [6, 6.07) is 31.4. The third-order valence-electron chi connectivity index (χ3n) is 5.49. The summed E-state index contributed by atoms with van der Waals surface area (Å²) in [4.78, 5) is 12.9. The summed E-state index contributed by atoms with van der Waals surface area (Å²) < 4.78 is 39.0. The van der Waals surface area contributed by atoms with Gasteiger partial charge in [0.25, 0.3) is 15.9 Å². The molecule has 0 aliphatic rings. The van der Waals surface area contributed by atoms with E-state index in [2.05, 4.69) is 5.32 Å². The molecule has 0 bridgehead atoms. The molecule has 190 valence electrons. The zero-order valence-corrected chi connectivity index (χ0v) is 21.2. The van der Waals surface area contributed by atoms with Crippen molar-refractivity contribution < 1.29 is 22.7 Å². The molecule has 1 amide bonds. The smallest absolute Gasteiger partial charge is 0.264 e. The molecule has 0 heterocycles. The minimum atomic E-state index is -3.74. The minimum Gasteiger partial charge on any atom is -0.490 e. The predicted octanol–water partition coefficient (Wildman–Crippen LogP) is 5.61. The number of amides is 1. The molecular weight excluding hydrogens is 488 g/mol. The van der Waals surface area contributed by atoms with Crippen molar-refractivity contribution in [1.29, 1.82) is 0 Å². The zero-order chi connectivity index (χ0) is 26.1. The molecule has 7 nitrogen and oxygen atoms in total. The van der Waals surface area contributed by atoms with Crippen LogP contribution in [0.15, 0.2) is 114 Å². The van der Waals surface area contributed by atoms with Crippen molar-refractivity contribution in [3.8, 4) is 11.5 Å². The Balaban J connectivity index is 1.36. The van der Waals surface area contributed by atoms with Crippen molar-refractivity contribution in [3.05, 3.63) is 115 Å². The fourth-order valence-corrected chi connectivity index (χ4v) is 5.16. The maximum absolute atomic E-state index is 13.2. The van der Waals surface area contributed by atoms with Gasteiger partial charge in [-0.05, 0) is 73.7 Å². The highest BCUT2D eigenvalue weighted by Crippen LogP contribution is 2.24. The number of rotatable bonds is 11. The van der Waals surface area contributed by atoms with E-state index in [1.165, 1.54) is 16.4 Å². The first-order valence-corrected chi connectivity index (χ1v) is 13.3. The molecule has 4 rings (SSSR count). The van der Waals surface area contributed by atoms with Crippen LogP contribution in [0.25, 0.3) is 0 Å². The molecule has 0 saturated carbocycles. The van der Waals surface area contributed by atoms with Gasteiger partial charge in [0, 0.05) is 17.8 Å². The zero-order valence-electron chi connectivity index (χ0n) is 20.4. The summed E-state index contributed by atoms with van der Waals surface area (Å²) in [5.74, 6) is 0.980. The van der Waals surface area contributed by atoms with Gasteiger partial charge in [-0.2, -0.15) is 0 Å². The van der Waals surface area contributed by atoms with Crippen LogP contribution in [0.1, 0.15) is 17.3 Å². The molecule has 4 aromatic rings. The number of nitrogens with one attached hydrogen (secondary N) is 1. The lowest BCUT2D eigenvalue weighted by atomic mass is 10.2. The Labute approximate surface area is 217 Å². The van der Waals surface area contributed by atoms with Gasteiger partial charge in [0.15, 0.2) is 0 Å². The van der Waals surface area contributed by atoms with Crippen LogP contribution in [0.4, 0.5) is 11.4 Å². The molecule has 0 aliphatic heterocycles. The van der Waals surface area contributed by atoms with Crippen LogP contribution < -0.4 is 19.1 Å². The fourth-order valence-electron chi connectivity index (χ4n) is 3.69. The number of nitrogens with zero attached hydrogens (tertiary/aromatic N) is 1. The summed E-state index contributed by atoms with van der Waals surface area (Å²) in [5, 5.41) is 2.80. The van der Waals surface area contributed by atoms with Gasteiger partial charge in [-0.15, -0.1) is 0 Å². The highest BCUT2D eigenvalue weighted by Gasteiger charge is 2.23. The van der Waals surface area contributed by atoms with Crippen LogP contribution in [0, 0.1) is 0 Å². The molecule has 1 N–H and O–H groups in total. The van der Waals surface area contributed by atoms with Gasteiger partial charge in [0.1, 0.15) is 24.7 Å². The van der Waals surface area contributed by atoms with Crippen LogP contribution in [-0.2, 0) is 10.0 Å². The number of anilines is 2. The van der Waals surface area contributed by atoms with Crippen molar-refractivity contribution in [2.24, 2.45) is 0 Å². The SMILES string of the molecule is CCN(c1ccccc1)S(=O)(=O)c1ccc(NC(=O)c2cccc(OCCOc3ccccc3)c2)cc1. The lowest BCUT2D eigenvalue weighted by Gasteiger charge is -2.23. The van der Waals surface area contributed by atoms with Gasteiger partial charge >= 0.3 is 0 Å². The first-order chi connectivity index (χ1) is 18.0. The Kier molecular flexibility index (Phi) is 8.43. The summed E-state index contributed by atoms with van der Waals surface area (Å²) in [5.41, 5.74) is 1.49. The van der Waals surface area contributed by atoms with Crippen LogP contribution >= 0.6 is 0 Å². The summed E-state index contributed by atoms with van der Waals surface area (Å²) >= 11 is 0. The standard InChI is InChI=1S/C29H28N2O5S/c1-2-31(25-11-5-3-6-12-25)37(33,34)28-18-16-24(17-19-28)30-29(32)23-10-9-15-27(22-23)36-21-20-35-26-13-7-4-8-14-26/h3-19,22H,2,20-21H2,1H3,(H,30,32). The summed E-state index contributed by atoms with van der Waals surface area (Å²) in [6.45, 7) is 2.78. The highest BCUT2D eigenvalue weighted by atomic mass is 32.2. The molecule has 0 radical (unpaired) electrons. The summed E-state index contributed by atoms with van der Waals surface area (Å²) in [7, 11) is -3.74. The Hall–Kier alpha value is -4.30. The van der Waals surface area contributed by atoms with E-state index in [0.717, 1.165) is 5.75 Å². The molecule has 0 aromatic heterocycles. The van der Waals surface area contributed by atoms with Gasteiger partial charge < -0.3 is 14.8 Å². The van der Waals surface area contributed by atoms with Crippen molar-refractivity contribution >= 4 is 27.3 Å². The van der Waals surface area contributed by atoms with Crippen molar-refractivity contribution in [2.45, 2.75) is 11.8 Å². The Morgan fingerprint density at radius 2 is 1.35 bits per heavy atom. The van der Waals surface area contributed by atoms with E-state index < -0.39 is 10.0 Å². The number of hydrogen-bond donors (Lipinski definition) is 1. The molecule has 0 spiro atoms. The minimum absolute atomic E-state index is 0.143. The molecule has 37 heavy (non-hydrogen) atoms. The average molecular weight is 517 g/mol. The fraction of sp³-hybridized carbons (Fsp3) is 0.138. The second-order valence-corrected chi connectivity index (χ2v) is 9.88. The quantitative estimate of drug-likeness (QED) is 0.262. The lowest BCUT2D eigenvalue weighted by Crippen LogP contribution is -2.30. The Morgan fingerprint density at radius 3 is 2.00 bits per heavy atom. The topological polar surface area (TPSA) is 84.9 Å². The van der Waals surface area contributed by atoms with Crippen LogP contribution in [0.5, 0.6) is 11.5 Å². The van der Waals surface area contributed by atoms with Gasteiger partial charge in [0.05, 0.1) is 10.6 Å². The van der Waals surface area contributed by atoms with Gasteiger partial charge in [0.2, 0.25) is 0 Å². The highest BCUT2D eigenvalue weighted by molar-refractivity contribution is 7.92. The maximum atomic E-state index is 13.2. The van der Waals surface area contributed by atoms with Gasteiger partial charge in [-0.1, -0.05) is 42.5 Å². The average Bonchev–Trinajstić information content (AvgIpc) is 2.93. The third kappa shape index (κ3) is 6.68. The lowest BCUT2D eigenvalue weighted by molar-refractivity contribution is 0.102. The van der Waals surface area contributed by atoms with E-state index in [-0.39, 0.29) is 10.8 Å². The van der Waals surface area contributed by atoms with E-state index in [9.17, 15) is 13.2 Å². The number of hydrogen-bond acceptors (Lipinski definition) is 5. The molecule has 8 heteroatoms. The van der Waals surface area contributed by atoms with Crippen LogP contribution in [0.3, 0.4) is 0 Å². The second kappa shape index (κ2) is 12.1. The van der Waals surface area contributed by atoms with Gasteiger partial charge in [-0.3, -0.25) is 9.10 Å². The number of benzene rings is 4. The van der Waals surface area contributed by atoms with E-state index in [0.29, 0.717) is 42.4 Å². The van der Waals surface area contributed by atoms with E-state index in [1.807, 2.05) is 36.4 Å². The van der Waals surface area contributed by atoms with Crippen molar-refractivity contribution in [3.63, 3.8) is 0 Å². The van der Waals surface area contributed by atoms with Crippen LogP contribution in [0.2, 0.25) is 0 Å². The molecule has 0 saturated heterocycles. The van der Waals surface area contributed by atoms with Gasteiger partial charge in [-0.25, -0.2) is 8.42 Å². The number of carbonyl (C=O) groups is 1. The predicted molar refractivity (Wildman–Crippen MR) is 145 cm³/mol. The Morgan fingerprint density at radius 1 is 0.757 bits per heavy atom. The molecule has 0 aliphatic carbocycles. The van der Waals surface area contributed by atoms with Crippen molar-refractivity contribution in [1.82, 2.24) is 0 Å². The third-order valence-corrected chi connectivity index (χ3v) is 7.41. The molecular formula is C29H28N2O5S. The summed E-state index contributed by atoms with van der Waals surface area (Å²) in [6.07, 6.45) is 0. The van der Waals surface area contributed by atoms with E-state index in [4.69, 9.17) is 9.47 Å². The molecule has 0 fully saturated rings. The first-order valence-electron chi connectivity index (χ1n) is 11.9. The van der Waals surface area contributed by atoms with Crippen molar-refractivity contribution in [2.75, 3.05) is 29.4 Å². The maximum Gasteiger partial charge on any atom is 0.264 e. The number of para-hydroxylation sites is 2. The largest absolute Gasteiger partial charge is 0.490 e. The molecule has 0 unspecified atom stereocenters. The second-order valence-electron chi connectivity index (χ2n) is 8.02. The number of ether oxygens (including phenoxy) is 2. The first kappa shape index (κ1) is 25.8. The molecule has 0 atom stereocenters. The number of carbonyl (C=O) groups excluding carboxylic acids is 1.